The summed E-state index contributed by atoms with van der Waals surface area (Å²) in [7, 11) is -3.70. The van der Waals surface area contributed by atoms with E-state index in [0.29, 0.717) is 12.2 Å². The molecule has 0 fully saturated rings. The molecular formula is C20H24N2O3S. The Kier molecular flexibility index (Phi) is 4.80. The second kappa shape index (κ2) is 6.76. The number of nitrogens with zero attached hydrogens (tertiary/aromatic N) is 1. The molecule has 1 aliphatic rings. The standard InChI is InChI=1S/C20H24N2O3S/c1-13-10-14(2)20(15(3)11-13)21-26(24,25)18-7-8-19-17(12-18)6-5-9-22(19)16(4)23/h7-8,10-12,21H,5-6,9H2,1-4H3. The molecule has 0 aliphatic carbocycles. The minimum atomic E-state index is -3.70. The lowest BCUT2D eigenvalue weighted by atomic mass is 10.0. The Morgan fingerprint density at radius 1 is 1.08 bits per heavy atom. The monoisotopic (exact) mass is 372 g/mol. The first kappa shape index (κ1) is 18.5. The minimum Gasteiger partial charge on any atom is -0.312 e. The lowest BCUT2D eigenvalue weighted by Crippen LogP contribution is -2.33. The van der Waals surface area contributed by atoms with Crippen LogP contribution >= 0.6 is 0 Å². The third-order valence-corrected chi connectivity index (χ3v) is 6.12. The van der Waals surface area contributed by atoms with Crippen LogP contribution in [0.15, 0.2) is 35.2 Å². The summed E-state index contributed by atoms with van der Waals surface area (Å²) in [5, 5.41) is 0. The van der Waals surface area contributed by atoms with Crippen LogP contribution in [0.25, 0.3) is 0 Å². The number of anilines is 2. The fourth-order valence-corrected chi connectivity index (χ4v) is 4.86. The van der Waals surface area contributed by atoms with Gasteiger partial charge in [-0.15, -0.1) is 0 Å². The molecular weight excluding hydrogens is 348 g/mol. The van der Waals surface area contributed by atoms with E-state index in [4.69, 9.17) is 0 Å². The molecule has 0 atom stereocenters. The van der Waals surface area contributed by atoms with Gasteiger partial charge in [0.15, 0.2) is 0 Å². The third kappa shape index (κ3) is 3.46. The van der Waals surface area contributed by atoms with Gasteiger partial charge in [-0.2, -0.15) is 0 Å². The van der Waals surface area contributed by atoms with E-state index in [2.05, 4.69) is 4.72 Å². The Labute approximate surface area is 155 Å². The summed E-state index contributed by atoms with van der Waals surface area (Å²) < 4.78 is 28.5. The summed E-state index contributed by atoms with van der Waals surface area (Å²) in [6.07, 6.45) is 1.60. The molecule has 0 saturated carbocycles. The second-order valence-electron chi connectivity index (χ2n) is 6.94. The highest BCUT2D eigenvalue weighted by atomic mass is 32.2. The Balaban J connectivity index is 1.97. The molecule has 1 aliphatic heterocycles. The van der Waals surface area contributed by atoms with Crippen LogP contribution in [0.1, 0.15) is 35.6 Å². The SMILES string of the molecule is CC(=O)N1CCCc2cc(S(=O)(=O)Nc3c(C)cc(C)cc3C)ccc21. The van der Waals surface area contributed by atoms with Crippen LogP contribution in [-0.2, 0) is 21.2 Å². The molecule has 1 amide bonds. The zero-order valence-electron chi connectivity index (χ0n) is 15.6. The fourth-order valence-electron chi connectivity index (χ4n) is 3.60. The van der Waals surface area contributed by atoms with Gasteiger partial charge in [0.25, 0.3) is 10.0 Å². The highest BCUT2D eigenvalue weighted by Gasteiger charge is 2.23. The number of rotatable bonds is 3. The zero-order valence-corrected chi connectivity index (χ0v) is 16.4. The highest BCUT2D eigenvalue weighted by molar-refractivity contribution is 7.92. The Bertz CT molecular complexity index is 958. The van der Waals surface area contributed by atoms with Gasteiger partial charge in [-0.05, 0) is 68.5 Å². The predicted octanol–water partition coefficient (Wildman–Crippen LogP) is 3.71. The number of sulfonamides is 1. The molecule has 0 spiro atoms. The van der Waals surface area contributed by atoms with E-state index in [-0.39, 0.29) is 10.8 Å². The summed E-state index contributed by atoms with van der Waals surface area (Å²) >= 11 is 0. The van der Waals surface area contributed by atoms with Gasteiger partial charge < -0.3 is 4.90 Å². The fraction of sp³-hybridized carbons (Fsp3) is 0.350. The molecule has 0 bridgehead atoms. The number of hydrogen-bond donors (Lipinski definition) is 1. The molecule has 138 valence electrons. The maximum Gasteiger partial charge on any atom is 0.261 e. The second-order valence-corrected chi connectivity index (χ2v) is 8.63. The van der Waals surface area contributed by atoms with Crippen molar-refractivity contribution in [3.05, 3.63) is 52.6 Å². The van der Waals surface area contributed by atoms with Gasteiger partial charge in [-0.25, -0.2) is 8.42 Å². The first-order valence-corrected chi connectivity index (χ1v) is 10.2. The molecule has 2 aromatic rings. The number of benzene rings is 2. The number of nitrogens with one attached hydrogen (secondary N) is 1. The van der Waals surface area contributed by atoms with E-state index < -0.39 is 10.0 Å². The Morgan fingerprint density at radius 2 is 1.73 bits per heavy atom. The molecule has 0 radical (unpaired) electrons. The number of amides is 1. The Morgan fingerprint density at radius 3 is 2.35 bits per heavy atom. The lowest BCUT2D eigenvalue weighted by molar-refractivity contribution is -0.116. The van der Waals surface area contributed by atoms with Gasteiger partial charge in [0.2, 0.25) is 5.91 Å². The van der Waals surface area contributed by atoms with Crippen LogP contribution in [0.5, 0.6) is 0 Å². The number of aryl methyl sites for hydroxylation is 4. The van der Waals surface area contributed by atoms with Crippen molar-refractivity contribution < 1.29 is 13.2 Å². The van der Waals surface area contributed by atoms with Crippen molar-refractivity contribution in [1.29, 1.82) is 0 Å². The average Bonchev–Trinajstić information content (AvgIpc) is 2.57. The molecule has 0 saturated heterocycles. The predicted molar refractivity (Wildman–Crippen MR) is 104 cm³/mol. The van der Waals surface area contributed by atoms with E-state index >= 15 is 0 Å². The zero-order chi connectivity index (χ0) is 19.1. The summed E-state index contributed by atoms with van der Waals surface area (Å²) in [4.78, 5) is 13.7. The molecule has 26 heavy (non-hydrogen) atoms. The van der Waals surface area contributed by atoms with Crippen LogP contribution in [0.4, 0.5) is 11.4 Å². The van der Waals surface area contributed by atoms with E-state index in [1.807, 2.05) is 32.9 Å². The molecule has 0 unspecified atom stereocenters. The van der Waals surface area contributed by atoms with Crippen molar-refractivity contribution in [1.82, 2.24) is 0 Å². The topological polar surface area (TPSA) is 66.5 Å². The third-order valence-electron chi connectivity index (χ3n) is 4.77. The Hall–Kier alpha value is -2.34. The smallest absolute Gasteiger partial charge is 0.261 e. The van der Waals surface area contributed by atoms with Crippen LogP contribution in [0.3, 0.4) is 0 Å². The van der Waals surface area contributed by atoms with Gasteiger partial charge in [-0.1, -0.05) is 17.7 Å². The number of fused-ring (bicyclic) bond motifs is 1. The van der Waals surface area contributed by atoms with Crippen molar-refractivity contribution in [2.75, 3.05) is 16.2 Å². The maximum atomic E-state index is 12.9. The average molecular weight is 372 g/mol. The van der Waals surface area contributed by atoms with Crippen LogP contribution in [-0.4, -0.2) is 20.9 Å². The lowest BCUT2D eigenvalue weighted by Gasteiger charge is -2.29. The van der Waals surface area contributed by atoms with Gasteiger partial charge in [-0.3, -0.25) is 9.52 Å². The maximum absolute atomic E-state index is 12.9. The van der Waals surface area contributed by atoms with E-state index in [1.54, 1.807) is 23.1 Å². The van der Waals surface area contributed by atoms with Gasteiger partial charge in [0.05, 0.1) is 10.6 Å². The van der Waals surface area contributed by atoms with E-state index in [0.717, 1.165) is 40.8 Å². The quantitative estimate of drug-likeness (QED) is 0.893. The summed E-state index contributed by atoms with van der Waals surface area (Å²) in [6.45, 7) is 7.99. The van der Waals surface area contributed by atoms with Crippen LogP contribution in [0, 0.1) is 20.8 Å². The van der Waals surface area contributed by atoms with Gasteiger partial charge >= 0.3 is 0 Å². The largest absolute Gasteiger partial charge is 0.312 e. The molecule has 1 N–H and O–H groups in total. The molecule has 5 nitrogen and oxygen atoms in total. The molecule has 1 heterocycles. The first-order chi connectivity index (χ1) is 12.2. The van der Waals surface area contributed by atoms with E-state index in [1.165, 1.54) is 6.92 Å². The van der Waals surface area contributed by atoms with Gasteiger partial charge in [0.1, 0.15) is 0 Å². The number of carbonyl (C=O) groups is 1. The highest BCUT2D eigenvalue weighted by Crippen LogP contribution is 2.31. The molecule has 0 aromatic heterocycles. The van der Waals surface area contributed by atoms with Crippen molar-refractivity contribution in [2.45, 2.75) is 45.4 Å². The van der Waals surface area contributed by atoms with E-state index in [9.17, 15) is 13.2 Å². The van der Waals surface area contributed by atoms with Crippen molar-refractivity contribution in [3.8, 4) is 0 Å². The molecule has 3 rings (SSSR count). The molecule has 2 aromatic carbocycles. The first-order valence-electron chi connectivity index (χ1n) is 8.71. The van der Waals surface area contributed by atoms with Crippen molar-refractivity contribution >= 4 is 27.3 Å². The number of carbonyl (C=O) groups excluding carboxylic acids is 1. The summed E-state index contributed by atoms with van der Waals surface area (Å²) in [5.41, 5.74) is 5.22. The summed E-state index contributed by atoms with van der Waals surface area (Å²) in [6, 6.07) is 8.91. The normalized spacial score (nSPS) is 14.1. The molecule has 6 heteroatoms. The van der Waals surface area contributed by atoms with Crippen LogP contribution in [0.2, 0.25) is 0 Å². The number of hydrogen-bond acceptors (Lipinski definition) is 3. The van der Waals surface area contributed by atoms with Crippen molar-refractivity contribution in [2.24, 2.45) is 0 Å². The minimum absolute atomic E-state index is 0.0226. The van der Waals surface area contributed by atoms with Gasteiger partial charge in [0, 0.05) is 19.2 Å². The summed E-state index contributed by atoms with van der Waals surface area (Å²) in [5.74, 6) is -0.0226. The van der Waals surface area contributed by atoms with Crippen molar-refractivity contribution in [3.63, 3.8) is 0 Å². The van der Waals surface area contributed by atoms with Crippen LogP contribution < -0.4 is 9.62 Å².